The number of hydrogen-bond acceptors (Lipinski definition) is 2. The van der Waals surface area contributed by atoms with Gasteiger partial charge in [0.05, 0.1) is 11.0 Å². The van der Waals surface area contributed by atoms with Crippen LogP contribution in [0.15, 0.2) is 120 Å². The zero-order valence-corrected chi connectivity index (χ0v) is 24.0. The molecule has 10 rings (SSSR count). The van der Waals surface area contributed by atoms with Crippen molar-refractivity contribution >= 4 is 75.3 Å². The molecule has 3 heteroatoms. The van der Waals surface area contributed by atoms with Crippen LogP contribution in [0.5, 0.6) is 0 Å². The van der Waals surface area contributed by atoms with Crippen molar-refractivity contribution < 1.29 is 4.42 Å². The average molecular weight is 556 g/mol. The second-order valence-electron chi connectivity index (χ2n) is 12.1. The fourth-order valence-corrected chi connectivity index (χ4v) is 9.08. The molecule has 0 saturated carbocycles. The lowest BCUT2D eigenvalue weighted by molar-refractivity contribution is 0.667. The van der Waals surface area contributed by atoms with Gasteiger partial charge in [0.1, 0.15) is 11.2 Å². The van der Waals surface area contributed by atoms with Crippen LogP contribution >= 0.6 is 11.3 Å². The number of thiophene rings is 1. The van der Waals surface area contributed by atoms with Gasteiger partial charge < -0.3 is 8.98 Å². The van der Waals surface area contributed by atoms with Crippen molar-refractivity contribution in [1.82, 2.24) is 4.57 Å². The number of aromatic nitrogens is 1. The lowest BCUT2D eigenvalue weighted by atomic mass is 9.80. The van der Waals surface area contributed by atoms with Crippen molar-refractivity contribution in [2.45, 2.75) is 19.3 Å². The molecule has 0 spiro atoms. The first-order chi connectivity index (χ1) is 20.6. The maximum atomic E-state index is 6.23. The molecule has 9 aromatic rings. The molecule has 0 atom stereocenters. The van der Waals surface area contributed by atoms with Crippen LogP contribution in [-0.2, 0) is 5.41 Å². The molecule has 0 aliphatic heterocycles. The van der Waals surface area contributed by atoms with Gasteiger partial charge in [0, 0.05) is 58.4 Å². The van der Waals surface area contributed by atoms with Gasteiger partial charge >= 0.3 is 0 Å². The molecule has 0 amide bonds. The minimum absolute atomic E-state index is 0.131. The molecule has 0 unspecified atom stereocenters. The topological polar surface area (TPSA) is 18.1 Å². The van der Waals surface area contributed by atoms with Crippen LogP contribution < -0.4 is 0 Å². The first kappa shape index (κ1) is 22.8. The number of benzene rings is 6. The van der Waals surface area contributed by atoms with Gasteiger partial charge in [-0.15, -0.1) is 11.3 Å². The number of fused-ring (bicyclic) bond motifs is 15. The highest BCUT2D eigenvalue weighted by Gasteiger charge is 2.40. The van der Waals surface area contributed by atoms with Crippen molar-refractivity contribution in [2.24, 2.45) is 0 Å². The predicted molar refractivity (Wildman–Crippen MR) is 179 cm³/mol. The van der Waals surface area contributed by atoms with E-state index in [0.717, 1.165) is 27.6 Å². The molecular formula is C39H25NOS. The number of hydrogen-bond donors (Lipinski definition) is 0. The van der Waals surface area contributed by atoms with E-state index in [-0.39, 0.29) is 5.41 Å². The van der Waals surface area contributed by atoms with Gasteiger partial charge in [-0.05, 0) is 53.1 Å². The Bertz CT molecular complexity index is 2610. The molecule has 198 valence electrons. The molecule has 3 heterocycles. The molecule has 1 aliphatic carbocycles. The Balaban J connectivity index is 1.48. The van der Waals surface area contributed by atoms with Crippen LogP contribution in [0.3, 0.4) is 0 Å². The summed E-state index contributed by atoms with van der Waals surface area (Å²) in [6.07, 6.45) is 0. The summed E-state index contributed by atoms with van der Waals surface area (Å²) in [4.78, 5) is 0. The van der Waals surface area contributed by atoms with Crippen molar-refractivity contribution in [3.05, 3.63) is 126 Å². The van der Waals surface area contributed by atoms with Gasteiger partial charge in [0.2, 0.25) is 0 Å². The molecule has 0 radical (unpaired) electrons. The summed E-state index contributed by atoms with van der Waals surface area (Å²) in [6, 6.07) is 42.0. The molecule has 0 saturated heterocycles. The second kappa shape index (κ2) is 7.70. The van der Waals surface area contributed by atoms with E-state index in [0.29, 0.717) is 0 Å². The molecule has 0 fully saturated rings. The van der Waals surface area contributed by atoms with Crippen molar-refractivity contribution in [2.75, 3.05) is 0 Å². The molecular weight excluding hydrogens is 531 g/mol. The summed E-state index contributed by atoms with van der Waals surface area (Å²) in [5.74, 6) is 0. The van der Waals surface area contributed by atoms with Crippen LogP contribution in [0.4, 0.5) is 0 Å². The highest BCUT2D eigenvalue weighted by Crippen LogP contribution is 2.58. The predicted octanol–water partition coefficient (Wildman–Crippen LogP) is 11.4. The van der Waals surface area contributed by atoms with Crippen LogP contribution in [-0.4, -0.2) is 4.57 Å². The van der Waals surface area contributed by atoms with E-state index in [1.807, 2.05) is 17.4 Å². The molecule has 42 heavy (non-hydrogen) atoms. The fourth-order valence-electron chi connectivity index (χ4n) is 7.81. The van der Waals surface area contributed by atoms with E-state index in [1.165, 1.54) is 64.2 Å². The molecule has 2 nitrogen and oxygen atoms in total. The highest BCUT2D eigenvalue weighted by atomic mass is 32.1. The van der Waals surface area contributed by atoms with E-state index in [1.54, 1.807) is 0 Å². The standard InChI is InChI=1S/C39H25NOS/c1-39(2)28-15-7-3-12-24(28)34-36(39)33-25-13-4-8-16-29(25)40(37(33)35-26-14-6-10-18-32(26)42-38(34)35)22-19-20-31-27(21-22)23-11-5-9-17-30(23)41-31/h3-21H,1-2H3. The van der Waals surface area contributed by atoms with Gasteiger partial charge in [0.15, 0.2) is 0 Å². The highest BCUT2D eigenvalue weighted by molar-refractivity contribution is 7.26. The zero-order chi connectivity index (χ0) is 27.7. The van der Waals surface area contributed by atoms with Crippen molar-refractivity contribution in [3.63, 3.8) is 0 Å². The monoisotopic (exact) mass is 555 g/mol. The van der Waals surface area contributed by atoms with Crippen LogP contribution in [0, 0.1) is 0 Å². The van der Waals surface area contributed by atoms with Gasteiger partial charge in [-0.25, -0.2) is 0 Å². The van der Waals surface area contributed by atoms with Crippen LogP contribution in [0.1, 0.15) is 25.0 Å². The first-order valence-electron chi connectivity index (χ1n) is 14.5. The van der Waals surface area contributed by atoms with Crippen LogP contribution in [0.2, 0.25) is 0 Å². The number of para-hydroxylation sites is 2. The summed E-state index contributed by atoms with van der Waals surface area (Å²) < 4.78 is 11.5. The van der Waals surface area contributed by atoms with Crippen molar-refractivity contribution in [3.8, 4) is 16.8 Å². The maximum Gasteiger partial charge on any atom is 0.135 e. The quantitative estimate of drug-likeness (QED) is 0.197. The molecule has 1 aliphatic rings. The number of nitrogens with zero attached hydrogens (tertiary/aromatic N) is 1. The molecule has 6 aromatic carbocycles. The third-order valence-electron chi connectivity index (χ3n) is 9.55. The molecule has 0 bridgehead atoms. The van der Waals surface area contributed by atoms with Gasteiger partial charge in [-0.1, -0.05) is 92.7 Å². The van der Waals surface area contributed by atoms with E-state index in [9.17, 15) is 0 Å². The Kier molecular flexibility index (Phi) is 4.18. The normalized spacial score (nSPS) is 14.1. The summed E-state index contributed by atoms with van der Waals surface area (Å²) in [7, 11) is 0. The lowest BCUT2D eigenvalue weighted by Gasteiger charge is -2.23. The molecule has 3 aromatic heterocycles. The number of furan rings is 1. The number of rotatable bonds is 1. The second-order valence-corrected chi connectivity index (χ2v) is 13.1. The van der Waals surface area contributed by atoms with Gasteiger partial charge in [-0.2, -0.15) is 0 Å². The smallest absolute Gasteiger partial charge is 0.135 e. The average Bonchev–Trinajstić information content (AvgIpc) is 3.74. The Morgan fingerprint density at radius 3 is 2.26 bits per heavy atom. The third-order valence-corrected chi connectivity index (χ3v) is 10.7. The summed E-state index contributed by atoms with van der Waals surface area (Å²) in [5.41, 5.74) is 11.1. The Labute approximate surface area is 246 Å². The Morgan fingerprint density at radius 1 is 0.643 bits per heavy atom. The maximum absolute atomic E-state index is 6.23. The SMILES string of the molecule is CC1(C)c2ccccc2-c2c1c1c3ccccc3n(-c3ccc4oc5ccccc5c4c3)c1c1c2sc2ccccc21. The summed E-state index contributed by atoms with van der Waals surface area (Å²) in [6.45, 7) is 4.82. The minimum atomic E-state index is -0.131. The minimum Gasteiger partial charge on any atom is -0.456 e. The summed E-state index contributed by atoms with van der Waals surface area (Å²) in [5, 5.41) is 7.65. The van der Waals surface area contributed by atoms with Gasteiger partial charge in [0.25, 0.3) is 0 Å². The fraction of sp³-hybridized carbons (Fsp3) is 0.0769. The zero-order valence-electron chi connectivity index (χ0n) is 23.2. The van der Waals surface area contributed by atoms with Crippen LogP contribution in [0.25, 0.3) is 80.7 Å². The first-order valence-corrected chi connectivity index (χ1v) is 15.4. The molecule has 0 N–H and O–H groups in total. The lowest BCUT2D eigenvalue weighted by Crippen LogP contribution is -2.15. The third kappa shape index (κ3) is 2.66. The van der Waals surface area contributed by atoms with E-state index < -0.39 is 0 Å². The largest absolute Gasteiger partial charge is 0.456 e. The van der Waals surface area contributed by atoms with E-state index >= 15 is 0 Å². The van der Waals surface area contributed by atoms with E-state index in [2.05, 4.69) is 128 Å². The van der Waals surface area contributed by atoms with E-state index in [4.69, 9.17) is 4.42 Å². The summed E-state index contributed by atoms with van der Waals surface area (Å²) >= 11 is 1.94. The Morgan fingerprint density at radius 2 is 1.36 bits per heavy atom. The van der Waals surface area contributed by atoms with Gasteiger partial charge in [-0.3, -0.25) is 0 Å². The Hall–Kier alpha value is -4.86. The van der Waals surface area contributed by atoms with Crippen molar-refractivity contribution in [1.29, 1.82) is 0 Å².